The highest BCUT2D eigenvalue weighted by Gasteiger charge is 2.22. The first-order valence-corrected chi connectivity index (χ1v) is 7.26. The number of likely N-dealkylation sites (N-methyl/N-ethyl adjacent to an activating group) is 1. The average molecular weight is 272 g/mol. The average Bonchev–Trinajstić information content (AvgIpc) is 2.74. The lowest BCUT2D eigenvalue weighted by atomic mass is 10.1. The Hall–Kier alpha value is -1.81. The minimum atomic E-state index is 0.164. The molecular formula is C16H22N3O+. The molecule has 0 spiro atoms. The molecule has 1 aliphatic rings. The summed E-state index contributed by atoms with van der Waals surface area (Å²) in [7, 11) is 2.18. The number of carbonyl (C=O) groups excluding carboxylic acids is 1. The second-order valence-corrected chi connectivity index (χ2v) is 5.88. The van der Waals surface area contributed by atoms with Gasteiger partial charge in [-0.3, -0.25) is 4.79 Å². The number of fused-ring (bicyclic) bond motifs is 1. The van der Waals surface area contributed by atoms with Crippen LogP contribution >= 0.6 is 0 Å². The number of piperazine rings is 1. The fraction of sp³-hybridized carbons (Fsp3) is 0.438. The van der Waals surface area contributed by atoms with E-state index >= 15 is 0 Å². The molecule has 1 aromatic carbocycles. The molecule has 0 unspecified atom stereocenters. The maximum absolute atomic E-state index is 12.6. The zero-order chi connectivity index (χ0) is 14.3. The highest BCUT2D eigenvalue weighted by atomic mass is 16.2. The van der Waals surface area contributed by atoms with E-state index < -0.39 is 0 Å². The number of aromatic nitrogens is 1. The molecule has 1 aromatic heterocycles. The van der Waals surface area contributed by atoms with Gasteiger partial charge in [0.1, 0.15) is 0 Å². The fourth-order valence-corrected chi connectivity index (χ4v) is 2.87. The summed E-state index contributed by atoms with van der Waals surface area (Å²) < 4.78 is 0. The number of aromatic amines is 1. The van der Waals surface area contributed by atoms with E-state index in [1.54, 1.807) is 0 Å². The van der Waals surface area contributed by atoms with Gasteiger partial charge >= 0.3 is 0 Å². The number of rotatable bonds is 1. The van der Waals surface area contributed by atoms with E-state index in [-0.39, 0.29) is 5.91 Å². The summed E-state index contributed by atoms with van der Waals surface area (Å²) >= 11 is 0. The molecule has 1 fully saturated rings. The number of benzene rings is 1. The van der Waals surface area contributed by atoms with Gasteiger partial charge in [0, 0.05) is 22.2 Å². The van der Waals surface area contributed by atoms with Crippen LogP contribution in [0.25, 0.3) is 10.9 Å². The van der Waals surface area contributed by atoms with E-state index in [0.717, 1.165) is 42.6 Å². The van der Waals surface area contributed by atoms with E-state index in [4.69, 9.17) is 0 Å². The monoisotopic (exact) mass is 272 g/mol. The van der Waals surface area contributed by atoms with Crippen LogP contribution in [0, 0.1) is 13.8 Å². The lowest BCUT2D eigenvalue weighted by Crippen LogP contribution is -3.12. The smallest absolute Gasteiger partial charge is 0.254 e. The third-order valence-electron chi connectivity index (χ3n) is 4.46. The lowest BCUT2D eigenvalue weighted by Gasteiger charge is -2.30. The third-order valence-corrected chi connectivity index (χ3v) is 4.46. The van der Waals surface area contributed by atoms with Gasteiger partial charge in [-0.15, -0.1) is 0 Å². The van der Waals surface area contributed by atoms with Gasteiger partial charge in [0.15, 0.2) is 0 Å². The normalized spacial score (nSPS) is 16.9. The van der Waals surface area contributed by atoms with Gasteiger partial charge in [0.2, 0.25) is 0 Å². The van der Waals surface area contributed by atoms with Gasteiger partial charge in [-0.2, -0.15) is 0 Å². The summed E-state index contributed by atoms with van der Waals surface area (Å²) in [4.78, 5) is 19.4. The second-order valence-electron chi connectivity index (χ2n) is 5.88. The predicted molar refractivity (Wildman–Crippen MR) is 80.3 cm³/mol. The topological polar surface area (TPSA) is 40.5 Å². The van der Waals surface area contributed by atoms with Crippen molar-refractivity contribution < 1.29 is 9.69 Å². The van der Waals surface area contributed by atoms with E-state index in [9.17, 15) is 4.79 Å². The predicted octanol–water partition coefficient (Wildman–Crippen LogP) is 0.755. The molecular weight excluding hydrogens is 250 g/mol. The van der Waals surface area contributed by atoms with E-state index in [1.807, 2.05) is 23.1 Å². The first-order chi connectivity index (χ1) is 9.56. The molecule has 2 N–H and O–H groups in total. The Morgan fingerprint density at radius 2 is 1.95 bits per heavy atom. The van der Waals surface area contributed by atoms with Crippen LogP contribution in [-0.4, -0.2) is 49.0 Å². The van der Waals surface area contributed by atoms with Gasteiger partial charge in [0.05, 0.1) is 33.2 Å². The molecule has 0 atom stereocenters. The summed E-state index contributed by atoms with van der Waals surface area (Å²) in [5.41, 5.74) is 4.32. The van der Waals surface area contributed by atoms with Crippen molar-refractivity contribution in [2.45, 2.75) is 13.8 Å². The van der Waals surface area contributed by atoms with Gasteiger partial charge in [0.25, 0.3) is 5.91 Å². The Balaban J connectivity index is 1.90. The van der Waals surface area contributed by atoms with Crippen molar-refractivity contribution in [2.75, 3.05) is 33.2 Å². The molecule has 0 bridgehead atoms. The molecule has 3 rings (SSSR count). The number of amides is 1. The van der Waals surface area contributed by atoms with Crippen molar-refractivity contribution in [1.82, 2.24) is 9.88 Å². The van der Waals surface area contributed by atoms with Crippen molar-refractivity contribution in [3.63, 3.8) is 0 Å². The highest BCUT2D eigenvalue weighted by molar-refractivity contribution is 5.99. The van der Waals surface area contributed by atoms with E-state index in [1.165, 1.54) is 16.2 Å². The van der Waals surface area contributed by atoms with Crippen molar-refractivity contribution in [3.8, 4) is 0 Å². The summed E-state index contributed by atoms with van der Waals surface area (Å²) in [5, 5.41) is 1.16. The number of hydrogen-bond donors (Lipinski definition) is 2. The lowest BCUT2D eigenvalue weighted by molar-refractivity contribution is -0.883. The Labute approximate surface area is 119 Å². The third kappa shape index (κ3) is 2.20. The summed E-state index contributed by atoms with van der Waals surface area (Å²) in [6.45, 7) is 7.95. The quantitative estimate of drug-likeness (QED) is 0.790. The molecule has 20 heavy (non-hydrogen) atoms. The molecule has 0 saturated carbocycles. The fourth-order valence-electron chi connectivity index (χ4n) is 2.87. The van der Waals surface area contributed by atoms with Crippen molar-refractivity contribution in [3.05, 3.63) is 35.0 Å². The second kappa shape index (κ2) is 4.94. The number of nitrogens with zero attached hydrogens (tertiary/aromatic N) is 1. The number of quaternary nitrogens is 1. The van der Waals surface area contributed by atoms with Crippen LogP contribution in [0.2, 0.25) is 0 Å². The van der Waals surface area contributed by atoms with Gasteiger partial charge < -0.3 is 14.8 Å². The molecule has 1 saturated heterocycles. The summed E-state index contributed by atoms with van der Waals surface area (Å²) in [6, 6.07) is 5.98. The molecule has 0 aliphatic carbocycles. The maximum Gasteiger partial charge on any atom is 0.254 e. The molecule has 2 heterocycles. The van der Waals surface area contributed by atoms with Crippen LogP contribution in [0.4, 0.5) is 0 Å². The minimum Gasteiger partial charge on any atom is -0.358 e. The first kappa shape index (κ1) is 13.2. The van der Waals surface area contributed by atoms with Crippen LogP contribution in [0.1, 0.15) is 21.6 Å². The van der Waals surface area contributed by atoms with Crippen molar-refractivity contribution in [2.24, 2.45) is 0 Å². The molecule has 4 heteroatoms. The van der Waals surface area contributed by atoms with Gasteiger partial charge in [-0.05, 0) is 37.6 Å². The Morgan fingerprint density at radius 1 is 1.25 bits per heavy atom. The number of carbonyl (C=O) groups is 1. The van der Waals surface area contributed by atoms with Crippen LogP contribution < -0.4 is 4.90 Å². The highest BCUT2D eigenvalue weighted by Crippen LogP contribution is 2.23. The maximum atomic E-state index is 12.6. The van der Waals surface area contributed by atoms with Crippen LogP contribution in [-0.2, 0) is 0 Å². The number of nitrogens with one attached hydrogen (secondary N) is 2. The number of hydrogen-bond acceptors (Lipinski definition) is 1. The summed E-state index contributed by atoms with van der Waals surface area (Å²) in [6.07, 6.45) is 0. The molecule has 4 nitrogen and oxygen atoms in total. The van der Waals surface area contributed by atoms with Gasteiger partial charge in [-0.1, -0.05) is 0 Å². The molecule has 1 aliphatic heterocycles. The van der Waals surface area contributed by atoms with Crippen LogP contribution in [0.5, 0.6) is 0 Å². The summed E-state index contributed by atoms with van der Waals surface area (Å²) in [5.74, 6) is 0.164. The molecule has 1 amide bonds. The number of aryl methyl sites for hydroxylation is 2. The zero-order valence-electron chi connectivity index (χ0n) is 12.4. The van der Waals surface area contributed by atoms with Crippen molar-refractivity contribution in [1.29, 1.82) is 0 Å². The van der Waals surface area contributed by atoms with Crippen molar-refractivity contribution >= 4 is 16.8 Å². The standard InChI is InChI=1S/C16H21N3O/c1-11-12(2)17-15-5-4-13(10-14(11)15)16(20)19-8-6-18(3)7-9-19/h4-5,10,17H,6-9H2,1-3H3/p+1. The molecule has 106 valence electrons. The molecule has 2 aromatic rings. The zero-order valence-corrected chi connectivity index (χ0v) is 12.4. The van der Waals surface area contributed by atoms with E-state index in [2.05, 4.69) is 25.9 Å². The Kier molecular flexibility index (Phi) is 3.26. The Morgan fingerprint density at radius 3 is 2.65 bits per heavy atom. The van der Waals surface area contributed by atoms with E-state index in [0.29, 0.717) is 0 Å². The largest absolute Gasteiger partial charge is 0.358 e. The van der Waals surface area contributed by atoms with Crippen LogP contribution in [0.3, 0.4) is 0 Å². The first-order valence-electron chi connectivity index (χ1n) is 7.26. The Bertz CT molecular complexity index is 651. The molecule has 0 radical (unpaired) electrons. The van der Waals surface area contributed by atoms with Gasteiger partial charge in [-0.25, -0.2) is 0 Å². The van der Waals surface area contributed by atoms with Crippen LogP contribution in [0.15, 0.2) is 18.2 Å². The number of H-pyrrole nitrogens is 1. The minimum absolute atomic E-state index is 0.164. The SMILES string of the molecule is Cc1[nH]c2ccc(C(=O)N3CC[NH+](C)CC3)cc2c1C.